The Bertz CT molecular complexity index is 480. The van der Waals surface area contributed by atoms with Gasteiger partial charge in [0.05, 0.1) is 6.04 Å². The summed E-state index contributed by atoms with van der Waals surface area (Å²) in [6.07, 6.45) is 0. The molecule has 0 fully saturated rings. The van der Waals surface area contributed by atoms with Crippen LogP contribution in [0.25, 0.3) is 0 Å². The zero-order valence-electron chi connectivity index (χ0n) is 9.03. The molecule has 0 aromatic heterocycles. The number of hydrogen-bond acceptors (Lipinski definition) is 2. The molecule has 2 aromatic rings. The van der Waals surface area contributed by atoms with E-state index in [0.29, 0.717) is 5.56 Å². The van der Waals surface area contributed by atoms with E-state index in [1.807, 2.05) is 30.3 Å². The number of rotatable bonds is 3. The highest BCUT2D eigenvalue weighted by molar-refractivity contribution is 5.32. The summed E-state index contributed by atoms with van der Waals surface area (Å²) in [6, 6.07) is 12.2. The van der Waals surface area contributed by atoms with E-state index in [4.69, 9.17) is 5.84 Å². The van der Waals surface area contributed by atoms with Gasteiger partial charge in [-0.05, 0) is 23.3 Å². The van der Waals surface area contributed by atoms with Crippen LogP contribution in [-0.4, -0.2) is 0 Å². The molecule has 2 rings (SSSR count). The van der Waals surface area contributed by atoms with Gasteiger partial charge in [0.1, 0.15) is 11.6 Å². The minimum absolute atomic E-state index is 0.429. The average Bonchev–Trinajstić information content (AvgIpc) is 2.30. The standard InChI is InChI=1S/C13H12F2N2/c14-11-6-10(7-12(15)8-11)13(17-16)9-4-2-1-3-5-9/h1-8,13,17H,16H2/t13-/m0/s1. The third-order valence-electron chi connectivity index (χ3n) is 2.52. The minimum Gasteiger partial charge on any atom is -0.271 e. The van der Waals surface area contributed by atoms with Crippen LogP contribution in [0.5, 0.6) is 0 Å². The fourth-order valence-electron chi connectivity index (χ4n) is 1.77. The van der Waals surface area contributed by atoms with Crippen molar-refractivity contribution in [1.82, 2.24) is 5.43 Å². The Morgan fingerprint density at radius 3 is 2.00 bits per heavy atom. The van der Waals surface area contributed by atoms with Gasteiger partial charge in [0, 0.05) is 6.07 Å². The molecule has 0 saturated carbocycles. The van der Waals surface area contributed by atoms with E-state index in [2.05, 4.69) is 5.43 Å². The number of nitrogens with two attached hydrogens (primary N) is 1. The van der Waals surface area contributed by atoms with Crippen molar-refractivity contribution < 1.29 is 8.78 Å². The molecule has 0 amide bonds. The van der Waals surface area contributed by atoms with E-state index >= 15 is 0 Å². The molecule has 0 saturated heterocycles. The Kier molecular flexibility index (Phi) is 3.46. The van der Waals surface area contributed by atoms with Gasteiger partial charge < -0.3 is 0 Å². The van der Waals surface area contributed by atoms with Crippen molar-refractivity contribution in [2.24, 2.45) is 5.84 Å². The molecule has 0 heterocycles. The largest absolute Gasteiger partial charge is 0.271 e. The minimum atomic E-state index is -0.615. The number of halogens is 2. The molecule has 0 radical (unpaired) electrons. The van der Waals surface area contributed by atoms with E-state index in [-0.39, 0.29) is 0 Å². The van der Waals surface area contributed by atoms with Gasteiger partial charge in [-0.15, -0.1) is 0 Å². The molecule has 0 aliphatic carbocycles. The number of nitrogens with one attached hydrogen (secondary N) is 1. The van der Waals surface area contributed by atoms with E-state index in [1.54, 1.807) is 0 Å². The lowest BCUT2D eigenvalue weighted by atomic mass is 9.99. The first-order valence-electron chi connectivity index (χ1n) is 5.18. The highest BCUT2D eigenvalue weighted by atomic mass is 19.1. The van der Waals surface area contributed by atoms with Crippen LogP contribution in [0.15, 0.2) is 48.5 Å². The second-order valence-corrected chi connectivity index (χ2v) is 3.71. The first kappa shape index (κ1) is 11.7. The summed E-state index contributed by atoms with van der Waals surface area (Å²) in [4.78, 5) is 0. The summed E-state index contributed by atoms with van der Waals surface area (Å²) in [7, 11) is 0. The fourth-order valence-corrected chi connectivity index (χ4v) is 1.77. The van der Waals surface area contributed by atoms with Crippen LogP contribution in [0.4, 0.5) is 8.78 Å². The van der Waals surface area contributed by atoms with Gasteiger partial charge in [-0.25, -0.2) is 14.2 Å². The molecule has 3 N–H and O–H groups in total. The molecule has 4 heteroatoms. The van der Waals surface area contributed by atoms with Crippen LogP contribution >= 0.6 is 0 Å². The maximum absolute atomic E-state index is 13.1. The second kappa shape index (κ2) is 5.03. The maximum Gasteiger partial charge on any atom is 0.126 e. The van der Waals surface area contributed by atoms with Gasteiger partial charge in [-0.1, -0.05) is 30.3 Å². The third-order valence-corrected chi connectivity index (χ3v) is 2.52. The molecule has 0 bridgehead atoms. The number of benzene rings is 2. The van der Waals surface area contributed by atoms with E-state index < -0.39 is 17.7 Å². The maximum atomic E-state index is 13.1. The molecule has 0 spiro atoms. The predicted octanol–water partition coefficient (Wildman–Crippen LogP) is 2.52. The third kappa shape index (κ3) is 2.67. The van der Waals surface area contributed by atoms with Crippen LogP contribution in [0.2, 0.25) is 0 Å². The smallest absolute Gasteiger partial charge is 0.126 e. The summed E-state index contributed by atoms with van der Waals surface area (Å²) in [5.74, 6) is 4.21. The van der Waals surface area contributed by atoms with Crippen LogP contribution in [-0.2, 0) is 0 Å². The van der Waals surface area contributed by atoms with Gasteiger partial charge in [-0.3, -0.25) is 5.84 Å². The van der Waals surface area contributed by atoms with Gasteiger partial charge in [-0.2, -0.15) is 0 Å². The number of hydrazine groups is 1. The summed E-state index contributed by atoms with van der Waals surface area (Å²) >= 11 is 0. The van der Waals surface area contributed by atoms with E-state index in [9.17, 15) is 8.78 Å². The van der Waals surface area contributed by atoms with Crippen LogP contribution < -0.4 is 11.3 Å². The molecular formula is C13H12F2N2. The van der Waals surface area contributed by atoms with Crippen molar-refractivity contribution in [3.63, 3.8) is 0 Å². The summed E-state index contributed by atoms with van der Waals surface area (Å²) in [6.45, 7) is 0. The van der Waals surface area contributed by atoms with Crippen LogP contribution in [0.1, 0.15) is 17.2 Å². The van der Waals surface area contributed by atoms with E-state index in [1.165, 1.54) is 12.1 Å². The highest BCUT2D eigenvalue weighted by Crippen LogP contribution is 2.22. The molecule has 2 aromatic carbocycles. The Balaban J connectivity index is 2.42. The van der Waals surface area contributed by atoms with Crippen LogP contribution in [0.3, 0.4) is 0 Å². The lowest BCUT2D eigenvalue weighted by Crippen LogP contribution is -2.29. The van der Waals surface area contributed by atoms with Crippen molar-refractivity contribution in [3.05, 3.63) is 71.3 Å². The van der Waals surface area contributed by atoms with Gasteiger partial charge in [0.25, 0.3) is 0 Å². The molecule has 0 aliphatic rings. The lowest BCUT2D eigenvalue weighted by molar-refractivity contribution is 0.566. The summed E-state index contributed by atoms with van der Waals surface area (Å²) in [5.41, 5.74) is 3.86. The normalized spacial score (nSPS) is 12.4. The number of hydrogen-bond donors (Lipinski definition) is 2. The SMILES string of the molecule is NN[C@@H](c1ccccc1)c1cc(F)cc(F)c1. The predicted molar refractivity (Wildman–Crippen MR) is 62.0 cm³/mol. The molecule has 1 atom stereocenters. The fraction of sp³-hybridized carbons (Fsp3) is 0.0769. The molecule has 0 aliphatic heterocycles. The Morgan fingerprint density at radius 2 is 1.47 bits per heavy atom. The first-order valence-corrected chi connectivity index (χ1v) is 5.18. The second-order valence-electron chi connectivity index (χ2n) is 3.71. The molecule has 0 unspecified atom stereocenters. The zero-order valence-corrected chi connectivity index (χ0v) is 9.03. The van der Waals surface area contributed by atoms with Gasteiger partial charge >= 0.3 is 0 Å². The highest BCUT2D eigenvalue weighted by Gasteiger charge is 2.13. The van der Waals surface area contributed by atoms with Crippen molar-refractivity contribution in [2.75, 3.05) is 0 Å². The van der Waals surface area contributed by atoms with Crippen molar-refractivity contribution in [2.45, 2.75) is 6.04 Å². The average molecular weight is 234 g/mol. The first-order chi connectivity index (χ1) is 8.20. The van der Waals surface area contributed by atoms with Gasteiger partial charge in [0.2, 0.25) is 0 Å². The van der Waals surface area contributed by atoms with Gasteiger partial charge in [0.15, 0.2) is 0 Å². The molecular weight excluding hydrogens is 222 g/mol. The quantitative estimate of drug-likeness (QED) is 0.632. The molecule has 17 heavy (non-hydrogen) atoms. The Labute approximate surface area is 98.0 Å². The monoisotopic (exact) mass is 234 g/mol. The zero-order chi connectivity index (χ0) is 12.3. The summed E-state index contributed by atoms with van der Waals surface area (Å²) in [5, 5.41) is 0. The van der Waals surface area contributed by atoms with Crippen molar-refractivity contribution in [3.8, 4) is 0 Å². The Morgan fingerprint density at radius 1 is 0.882 bits per heavy atom. The summed E-state index contributed by atoms with van der Waals surface area (Å²) < 4.78 is 26.3. The lowest BCUT2D eigenvalue weighted by Gasteiger charge is -2.16. The van der Waals surface area contributed by atoms with Crippen molar-refractivity contribution in [1.29, 1.82) is 0 Å². The Hall–Kier alpha value is -1.78. The topological polar surface area (TPSA) is 38.0 Å². The van der Waals surface area contributed by atoms with E-state index in [0.717, 1.165) is 11.6 Å². The van der Waals surface area contributed by atoms with Crippen LogP contribution in [0, 0.1) is 11.6 Å². The molecule has 88 valence electrons. The van der Waals surface area contributed by atoms with Crippen molar-refractivity contribution >= 4 is 0 Å². The molecule has 2 nitrogen and oxygen atoms in total.